The Morgan fingerprint density at radius 1 is 1.33 bits per heavy atom. The molecule has 1 aromatic rings. The summed E-state index contributed by atoms with van der Waals surface area (Å²) in [5.74, 6) is 0. The van der Waals surface area contributed by atoms with Gasteiger partial charge in [-0.05, 0) is 6.07 Å². The van der Waals surface area contributed by atoms with Crippen molar-refractivity contribution in [1.29, 1.82) is 0 Å². The maximum Gasteiger partial charge on any atom is 0.0583 e. The van der Waals surface area contributed by atoms with E-state index < -0.39 is 0 Å². The lowest BCUT2D eigenvalue weighted by atomic mass is 10.2. The highest BCUT2D eigenvalue weighted by Crippen LogP contribution is 2.11. The number of nitrogens with zero attached hydrogens (tertiary/aromatic N) is 1. The molecule has 0 saturated heterocycles. The lowest BCUT2D eigenvalue weighted by Gasteiger charge is -1.91. The van der Waals surface area contributed by atoms with Gasteiger partial charge in [0.05, 0.1) is 6.21 Å². The molecule has 1 rings (SSSR count). The first-order valence-electron chi connectivity index (χ1n) is 2.56. The second kappa shape index (κ2) is 2.65. The summed E-state index contributed by atoms with van der Waals surface area (Å²) in [5, 5.41) is 9.08. The molecule has 0 saturated carbocycles. The van der Waals surface area contributed by atoms with Gasteiger partial charge in [-0.3, -0.25) is 0 Å². The minimum atomic E-state index is 0.569. The molecule has 0 spiro atoms. The van der Waals surface area contributed by atoms with Crippen molar-refractivity contribution in [2.45, 2.75) is 0 Å². The summed E-state index contributed by atoms with van der Waals surface area (Å²) < 4.78 is 0. The zero-order valence-electron chi connectivity index (χ0n) is 4.71. The normalized spacial score (nSPS) is 9.00. The van der Waals surface area contributed by atoms with E-state index in [0.29, 0.717) is 10.6 Å². The van der Waals surface area contributed by atoms with Crippen molar-refractivity contribution in [3.05, 3.63) is 34.9 Å². The molecule has 2 heteroatoms. The fourth-order valence-corrected chi connectivity index (χ4v) is 0.764. The van der Waals surface area contributed by atoms with Gasteiger partial charge >= 0.3 is 0 Å². The van der Waals surface area contributed by atoms with E-state index in [1.807, 2.05) is 12.1 Å². The van der Waals surface area contributed by atoms with Crippen LogP contribution in [0.2, 0.25) is 5.02 Å². The molecule has 1 radical (unpaired) electrons. The molecule has 1 aromatic carbocycles. The Balaban J connectivity index is 3.15. The molecule has 0 atom stereocenters. The minimum absolute atomic E-state index is 0.569. The molecule has 0 amide bonds. The van der Waals surface area contributed by atoms with E-state index in [2.05, 4.69) is 0 Å². The Hall–Kier alpha value is -0.820. The smallest absolute Gasteiger partial charge is 0.0583 e. The van der Waals surface area contributed by atoms with Crippen LogP contribution in [0.15, 0.2) is 24.3 Å². The molecule has 9 heavy (non-hydrogen) atoms. The van der Waals surface area contributed by atoms with E-state index in [4.69, 9.17) is 17.0 Å². The summed E-state index contributed by atoms with van der Waals surface area (Å²) in [7, 11) is 0. The van der Waals surface area contributed by atoms with E-state index in [9.17, 15) is 0 Å². The first kappa shape index (κ1) is 6.30. The van der Waals surface area contributed by atoms with Crippen molar-refractivity contribution in [3.63, 3.8) is 0 Å². The largest absolute Gasteiger partial charge is 0.158 e. The van der Waals surface area contributed by atoms with E-state index >= 15 is 0 Å². The highest BCUT2D eigenvalue weighted by Gasteiger charge is 1.91. The van der Waals surface area contributed by atoms with E-state index in [1.165, 1.54) is 0 Å². The molecule has 0 aromatic heterocycles. The van der Waals surface area contributed by atoms with Crippen molar-refractivity contribution in [1.82, 2.24) is 5.41 Å². The summed E-state index contributed by atoms with van der Waals surface area (Å²) in [5.41, 5.74) is 0.652. The number of hydrogen-bond acceptors (Lipinski definition) is 0. The van der Waals surface area contributed by atoms with E-state index in [0.717, 1.165) is 6.21 Å². The zero-order chi connectivity index (χ0) is 6.69. The standard InChI is InChI=1S/C7H5ClN/c8-7-4-2-1-3-6(7)5-9/h1-5H. The monoisotopic (exact) mass is 138 g/mol. The third-order valence-corrected chi connectivity index (χ3v) is 1.39. The lowest BCUT2D eigenvalue weighted by Crippen LogP contribution is -1.80. The van der Waals surface area contributed by atoms with Crippen LogP contribution in [0.3, 0.4) is 0 Å². The van der Waals surface area contributed by atoms with Crippen molar-refractivity contribution >= 4 is 17.8 Å². The number of hydrogen-bond donors (Lipinski definition) is 0. The van der Waals surface area contributed by atoms with Gasteiger partial charge in [0.2, 0.25) is 0 Å². The molecular formula is C7H5ClN. The predicted molar refractivity (Wildman–Crippen MR) is 38.8 cm³/mol. The van der Waals surface area contributed by atoms with E-state index in [-0.39, 0.29) is 0 Å². The van der Waals surface area contributed by atoms with Gasteiger partial charge < -0.3 is 0 Å². The average molecular weight is 139 g/mol. The van der Waals surface area contributed by atoms with Gasteiger partial charge in [0, 0.05) is 10.6 Å². The fourth-order valence-electron chi connectivity index (χ4n) is 0.580. The molecule has 0 bridgehead atoms. The van der Waals surface area contributed by atoms with Crippen molar-refractivity contribution in [2.75, 3.05) is 0 Å². The SMILES string of the molecule is [N]=Cc1ccccc1Cl. The molecule has 0 fully saturated rings. The molecule has 0 aliphatic rings. The Morgan fingerprint density at radius 3 is 2.44 bits per heavy atom. The fraction of sp³-hybridized carbons (Fsp3) is 0. The van der Waals surface area contributed by atoms with Crippen LogP contribution >= 0.6 is 11.6 Å². The predicted octanol–water partition coefficient (Wildman–Crippen LogP) is 1.56. The minimum Gasteiger partial charge on any atom is -0.158 e. The third-order valence-electron chi connectivity index (χ3n) is 1.04. The molecule has 0 aliphatic carbocycles. The Kier molecular flexibility index (Phi) is 1.85. The van der Waals surface area contributed by atoms with Crippen LogP contribution in [0, 0.1) is 0 Å². The summed E-state index contributed by atoms with van der Waals surface area (Å²) in [6.07, 6.45) is 0.988. The quantitative estimate of drug-likeness (QED) is 0.526. The van der Waals surface area contributed by atoms with Crippen LogP contribution in [-0.2, 0) is 0 Å². The Bertz CT molecular complexity index is 220. The summed E-state index contributed by atoms with van der Waals surface area (Å²) in [6.45, 7) is 0. The summed E-state index contributed by atoms with van der Waals surface area (Å²) >= 11 is 5.63. The van der Waals surface area contributed by atoms with Crippen LogP contribution in [0.5, 0.6) is 0 Å². The first-order valence-corrected chi connectivity index (χ1v) is 2.94. The number of rotatable bonds is 1. The van der Waals surface area contributed by atoms with Gasteiger partial charge in [-0.15, -0.1) is 0 Å². The molecule has 0 heterocycles. The Labute approximate surface area is 58.8 Å². The summed E-state index contributed by atoms with van der Waals surface area (Å²) in [6, 6.07) is 7.09. The molecule has 0 aliphatic heterocycles. The van der Waals surface area contributed by atoms with Crippen LogP contribution < -0.4 is 5.41 Å². The van der Waals surface area contributed by atoms with E-state index in [1.54, 1.807) is 12.1 Å². The first-order chi connectivity index (χ1) is 4.34. The van der Waals surface area contributed by atoms with Crippen LogP contribution in [0.4, 0.5) is 0 Å². The van der Waals surface area contributed by atoms with Crippen LogP contribution in [0.25, 0.3) is 0 Å². The topological polar surface area (TPSA) is 22.3 Å². The number of benzene rings is 1. The van der Waals surface area contributed by atoms with Crippen molar-refractivity contribution in [2.24, 2.45) is 0 Å². The third kappa shape index (κ3) is 1.30. The molecule has 0 N–H and O–H groups in total. The van der Waals surface area contributed by atoms with Gasteiger partial charge in [0.1, 0.15) is 0 Å². The van der Waals surface area contributed by atoms with Gasteiger partial charge in [-0.1, -0.05) is 29.8 Å². The van der Waals surface area contributed by atoms with Crippen LogP contribution in [-0.4, -0.2) is 6.21 Å². The van der Waals surface area contributed by atoms with Gasteiger partial charge in [-0.25, -0.2) is 0 Å². The van der Waals surface area contributed by atoms with Crippen molar-refractivity contribution in [3.8, 4) is 0 Å². The van der Waals surface area contributed by atoms with Gasteiger partial charge in [0.25, 0.3) is 0 Å². The maximum atomic E-state index is 8.51. The number of halogens is 1. The average Bonchev–Trinajstić information content (AvgIpc) is 1.89. The molecule has 45 valence electrons. The maximum absolute atomic E-state index is 8.51. The zero-order valence-corrected chi connectivity index (χ0v) is 5.47. The Morgan fingerprint density at radius 2 is 2.00 bits per heavy atom. The van der Waals surface area contributed by atoms with Crippen molar-refractivity contribution < 1.29 is 0 Å². The lowest BCUT2D eigenvalue weighted by molar-refractivity contribution is 1.66. The van der Waals surface area contributed by atoms with Gasteiger partial charge in [0.15, 0.2) is 0 Å². The molecule has 1 nitrogen and oxygen atoms in total. The highest BCUT2D eigenvalue weighted by atomic mass is 35.5. The van der Waals surface area contributed by atoms with Gasteiger partial charge in [-0.2, -0.15) is 5.41 Å². The molecule has 0 unspecified atom stereocenters. The van der Waals surface area contributed by atoms with Crippen LogP contribution in [0.1, 0.15) is 5.56 Å². The summed E-state index contributed by atoms with van der Waals surface area (Å²) in [4.78, 5) is 0. The molecular weight excluding hydrogens is 134 g/mol. The highest BCUT2D eigenvalue weighted by molar-refractivity contribution is 6.33. The second-order valence-corrected chi connectivity index (χ2v) is 2.06. The second-order valence-electron chi connectivity index (χ2n) is 1.65.